The fourth-order valence-corrected chi connectivity index (χ4v) is 3.75. The fraction of sp³-hybridized carbons (Fsp3) is 0.200. The molecule has 0 aromatic heterocycles. The van der Waals surface area contributed by atoms with Crippen molar-refractivity contribution in [3.05, 3.63) is 58.1 Å². The summed E-state index contributed by atoms with van der Waals surface area (Å²) < 4.78 is 24.8. The van der Waals surface area contributed by atoms with Gasteiger partial charge in [-0.1, -0.05) is 40.9 Å². The first-order valence-electron chi connectivity index (χ1n) is 6.13. The maximum Gasteiger partial charge on any atom is 0.182 e. The second-order valence-corrected chi connectivity index (χ2v) is 7.34. The third-order valence-electron chi connectivity index (χ3n) is 2.97. The minimum absolute atomic E-state index is 0.0459. The van der Waals surface area contributed by atoms with Crippen LogP contribution in [0.5, 0.6) is 0 Å². The van der Waals surface area contributed by atoms with E-state index < -0.39 is 9.84 Å². The number of sulfone groups is 1. The minimum Gasteiger partial charge on any atom is -0.398 e. The zero-order chi connectivity index (χ0) is 14.9. The summed E-state index contributed by atoms with van der Waals surface area (Å²) in [5, 5.41) is 0.256. The molecule has 0 heterocycles. The molecule has 0 aliphatic carbocycles. The normalized spacial score (nSPS) is 11.6. The summed E-state index contributed by atoms with van der Waals surface area (Å²) in [7, 11) is -3.43. The Morgan fingerprint density at radius 2 is 1.65 bits per heavy atom. The molecule has 0 bridgehead atoms. The fourth-order valence-electron chi connectivity index (χ4n) is 2.16. The number of hydrogen-bond donors (Lipinski definition) is 1. The third-order valence-corrected chi connectivity index (χ3v) is 4.98. The molecule has 2 aromatic carbocycles. The highest BCUT2D eigenvalue weighted by molar-refractivity contribution is 7.90. The molecular formula is C15H16ClNO2S. The van der Waals surface area contributed by atoms with Crippen LogP contribution in [0, 0.1) is 13.8 Å². The maximum absolute atomic E-state index is 12.4. The quantitative estimate of drug-likeness (QED) is 0.883. The Hall–Kier alpha value is -1.52. The molecule has 0 fully saturated rings. The summed E-state index contributed by atoms with van der Waals surface area (Å²) in [6, 6.07) is 10.2. The van der Waals surface area contributed by atoms with Gasteiger partial charge in [-0.05, 0) is 37.6 Å². The van der Waals surface area contributed by atoms with Crippen LogP contribution in [-0.2, 0) is 15.6 Å². The third kappa shape index (κ3) is 3.32. The van der Waals surface area contributed by atoms with Crippen molar-refractivity contribution in [3.63, 3.8) is 0 Å². The Kier molecular flexibility index (Phi) is 4.06. The number of nitrogen functional groups attached to an aromatic ring is 1. The Bertz CT molecular complexity index is 734. The molecule has 0 amide bonds. The highest BCUT2D eigenvalue weighted by Gasteiger charge is 2.16. The summed E-state index contributed by atoms with van der Waals surface area (Å²) >= 11 is 5.88. The number of benzene rings is 2. The van der Waals surface area contributed by atoms with E-state index in [1.165, 1.54) is 18.2 Å². The van der Waals surface area contributed by atoms with Crippen LogP contribution in [0.1, 0.15) is 16.7 Å². The first-order valence-corrected chi connectivity index (χ1v) is 8.16. The lowest BCUT2D eigenvalue weighted by Gasteiger charge is -2.08. The number of anilines is 1. The van der Waals surface area contributed by atoms with Gasteiger partial charge in [-0.3, -0.25) is 0 Å². The van der Waals surface area contributed by atoms with Crippen molar-refractivity contribution in [2.45, 2.75) is 24.5 Å². The van der Waals surface area contributed by atoms with Crippen molar-refractivity contribution in [2.24, 2.45) is 0 Å². The summed E-state index contributed by atoms with van der Waals surface area (Å²) in [4.78, 5) is 0.191. The van der Waals surface area contributed by atoms with Crippen molar-refractivity contribution < 1.29 is 8.42 Å². The monoisotopic (exact) mass is 309 g/mol. The van der Waals surface area contributed by atoms with Crippen LogP contribution in [-0.4, -0.2) is 8.42 Å². The van der Waals surface area contributed by atoms with Crippen molar-refractivity contribution in [2.75, 3.05) is 5.73 Å². The van der Waals surface area contributed by atoms with Gasteiger partial charge < -0.3 is 5.73 Å². The molecule has 0 saturated heterocycles. The van der Waals surface area contributed by atoms with Gasteiger partial charge in [0, 0.05) is 0 Å². The van der Waals surface area contributed by atoms with Gasteiger partial charge in [0.25, 0.3) is 0 Å². The standard InChI is InChI=1S/C15H16ClNO2S/c1-10-5-11(2)7-12(6-10)9-20(18,19)13-3-4-15(17)14(16)8-13/h3-8H,9,17H2,1-2H3. The van der Waals surface area contributed by atoms with Crippen LogP contribution in [0.2, 0.25) is 5.02 Å². The van der Waals surface area contributed by atoms with E-state index in [-0.39, 0.29) is 15.7 Å². The molecular weight excluding hydrogens is 294 g/mol. The number of nitrogens with two attached hydrogens (primary N) is 1. The average molecular weight is 310 g/mol. The van der Waals surface area contributed by atoms with Gasteiger partial charge in [-0.15, -0.1) is 0 Å². The number of hydrogen-bond acceptors (Lipinski definition) is 3. The molecule has 0 unspecified atom stereocenters. The second-order valence-electron chi connectivity index (χ2n) is 4.94. The first kappa shape index (κ1) is 14.9. The van der Waals surface area contributed by atoms with Gasteiger partial charge in [-0.2, -0.15) is 0 Å². The number of rotatable bonds is 3. The first-order chi connectivity index (χ1) is 9.28. The van der Waals surface area contributed by atoms with Crippen molar-refractivity contribution >= 4 is 27.1 Å². The average Bonchev–Trinajstić information content (AvgIpc) is 2.30. The summed E-state index contributed by atoms with van der Waals surface area (Å²) in [5.41, 5.74) is 8.84. The molecule has 2 N–H and O–H groups in total. The second kappa shape index (κ2) is 5.46. The molecule has 0 radical (unpaired) electrons. The molecule has 5 heteroatoms. The van der Waals surface area contributed by atoms with Crippen LogP contribution in [0.3, 0.4) is 0 Å². The van der Waals surface area contributed by atoms with Gasteiger partial charge in [0.2, 0.25) is 0 Å². The molecule has 0 aliphatic rings. The lowest BCUT2D eigenvalue weighted by Crippen LogP contribution is -2.06. The van der Waals surface area contributed by atoms with Crippen LogP contribution in [0.4, 0.5) is 5.69 Å². The predicted octanol–water partition coefficient (Wildman–Crippen LogP) is 3.51. The lowest BCUT2D eigenvalue weighted by atomic mass is 10.1. The molecule has 2 aromatic rings. The lowest BCUT2D eigenvalue weighted by molar-refractivity contribution is 0.595. The topological polar surface area (TPSA) is 60.2 Å². The van der Waals surface area contributed by atoms with E-state index in [1.807, 2.05) is 32.0 Å². The van der Waals surface area contributed by atoms with E-state index in [0.717, 1.165) is 16.7 Å². The van der Waals surface area contributed by atoms with E-state index >= 15 is 0 Å². The van der Waals surface area contributed by atoms with Crippen molar-refractivity contribution in [3.8, 4) is 0 Å². The maximum atomic E-state index is 12.4. The van der Waals surface area contributed by atoms with Gasteiger partial charge in [-0.25, -0.2) is 8.42 Å². The van der Waals surface area contributed by atoms with E-state index in [2.05, 4.69) is 0 Å². The van der Waals surface area contributed by atoms with Crippen LogP contribution < -0.4 is 5.73 Å². The molecule has 20 heavy (non-hydrogen) atoms. The predicted molar refractivity (Wildman–Crippen MR) is 82.7 cm³/mol. The van der Waals surface area contributed by atoms with E-state index in [4.69, 9.17) is 17.3 Å². The van der Waals surface area contributed by atoms with Gasteiger partial charge in [0.05, 0.1) is 21.4 Å². The Morgan fingerprint density at radius 1 is 1.05 bits per heavy atom. The summed E-state index contributed by atoms with van der Waals surface area (Å²) in [6.45, 7) is 3.90. The van der Waals surface area contributed by atoms with E-state index in [1.54, 1.807) is 0 Å². The van der Waals surface area contributed by atoms with Gasteiger partial charge in [0.1, 0.15) is 0 Å². The Balaban J connectivity index is 2.37. The van der Waals surface area contributed by atoms with Crippen LogP contribution >= 0.6 is 11.6 Å². The molecule has 2 rings (SSSR count). The summed E-state index contributed by atoms with van der Waals surface area (Å²) in [5.74, 6) is -0.0459. The van der Waals surface area contributed by atoms with E-state index in [0.29, 0.717) is 5.69 Å². The molecule has 0 aliphatic heterocycles. The van der Waals surface area contributed by atoms with Crippen LogP contribution in [0.15, 0.2) is 41.3 Å². The minimum atomic E-state index is -3.43. The Morgan fingerprint density at radius 3 is 2.20 bits per heavy atom. The number of aryl methyl sites for hydroxylation is 2. The smallest absolute Gasteiger partial charge is 0.182 e. The Labute approximate surface area is 124 Å². The highest BCUT2D eigenvalue weighted by atomic mass is 35.5. The molecule has 0 spiro atoms. The molecule has 0 atom stereocenters. The molecule has 106 valence electrons. The van der Waals surface area contributed by atoms with Crippen molar-refractivity contribution in [1.29, 1.82) is 0 Å². The largest absolute Gasteiger partial charge is 0.398 e. The number of halogens is 1. The molecule has 0 saturated carbocycles. The highest BCUT2D eigenvalue weighted by Crippen LogP contribution is 2.25. The SMILES string of the molecule is Cc1cc(C)cc(CS(=O)(=O)c2ccc(N)c(Cl)c2)c1. The molecule has 3 nitrogen and oxygen atoms in total. The zero-order valence-electron chi connectivity index (χ0n) is 11.4. The van der Waals surface area contributed by atoms with E-state index in [9.17, 15) is 8.42 Å². The summed E-state index contributed by atoms with van der Waals surface area (Å²) in [6.07, 6.45) is 0. The zero-order valence-corrected chi connectivity index (χ0v) is 12.9. The van der Waals surface area contributed by atoms with Crippen LogP contribution in [0.25, 0.3) is 0 Å². The van der Waals surface area contributed by atoms with Crippen molar-refractivity contribution in [1.82, 2.24) is 0 Å². The van der Waals surface area contributed by atoms with Gasteiger partial charge >= 0.3 is 0 Å². The van der Waals surface area contributed by atoms with Gasteiger partial charge in [0.15, 0.2) is 9.84 Å².